The first-order valence-electron chi connectivity index (χ1n) is 11.6. The van der Waals surface area contributed by atoms with Gasteiger partial charge >= 0.3 is 0 Å². The average molecular weight is 451 g/mol. The molecular formula is C26H34N4O3. The molecule has 0 aliphatic carbocycles. The Morgan fingerprint density at radius 2 is 1.61 bits per heavy atom. The summed E-state index contributed by atoms with van der Waals surface area (Å²) in [6.07, 6.45) is 5.51. The van der Waals surface area contributed by atoms with Crippen LogP contribution in [0.25, 0.3) is 0 Å². The number of aryl methyl sites for hydroxylation is 1. The smallest absolute Gasteiger partial charge is 0.253 e. The first-order valence-corrected chi connectivity index (χ1v) is 11.6. The highest BCUT2D eigenvalue weighted by atomic mass is 16.2. The van der Waals surface area contributed by atoms with Gasteiger partial charge in [0.25, 0.3) is 5.91 Å². The number of rotatable bonds is 8. The fraction of sp³-hybridized carbons (Fsp3) is 0.423. The van der Waals surface area contributed by atoms with Crippen LogP contribution >= 0.6 is 0 Å². The lowest BCUT2D eigenvalue weighted by Crippen LogP contribution is -2.31. The van der Waals surface area contributed by atoms with E-state index in [0.29, 0.717) is 24.1 Å². The Balaban J connectivity index is 1.52. The van der Waals surface area contributed by atoms with E-state index < -0.39 is 0 Å². The van der Waals surface area contributed by atoms with E-state index in [2.05, 4.69) is 10.6 Å². The summed E-state index contributed by atoms with van der Waals surface area (Å²) in [6.45, 7) is 1.70. The molecule has 0 radical (unpaired) electrons. The Morgan fingerprint density at radius 3 is 2.33 bits per heavy atom. The number of hydrogen-bond acceptors (Lipinski definition) is 4. The second-order valence-electron chi connectivity index (χ2n) is 8.68. The first-order chi connectivity index (χ1) is 15.9. The molecule has 0 atom stereocenters. The maximum absolute atomic E-state index is 12.8. The fourth-order valence-electron chi connectivity index (χ4n) is 3.89. The SMILES string of the molecule is CN(C)C(=O)CCc1cccc(NC(=O)CNc2cccc(C(=O)N3CCCCCC3)c2)c1. The van der Waals surface area contributed by atoms with Crippen LogP contribution in [-0.4, -0.2) is 61.3 Å². The summed E-state index contributed by atoms with van der Waals surface area (Å²) in [4.78, 5) is 40.6. The van der Waals surface area contributed by atoms with Gasteiger partial charge in [-0.25, -0.2) is 0 Å². The number of anilines is 2. The third kappa shape index (κ3) is 7.63. The lowest BCUT2D eigenvalue weighted by atomic mass is 10.1. The topological polar surface area (TPSA) is 81.8 Å². The molecule has 2 aromatic rings. The van der Waals surface area contributed by atoms with Crippen molar-refractivity contribution in [2.24, 2.45) is 0 Å². The molecule has 3 amide bonds. The van der Waals surface area contributed by atoms with Crippen LogP contribution in [-0.2, 0) is 16.0 Å². The molecule has 33 heavy (non-hydrogen) atoms. The minimum absolute atomic E-state index is 0.0505. The molecule has 0 spiro atoms. The van der Waals surface area contributed by atoms with Gasteiger partial charge in [0, 0.05) is 50.5 Å². The highest BCUT2D eigenvalue weighted by molar-refractivity contribution is 5.96. The van der Waals surface area contributed by atoms with Crippen LogP contribution in [0.15, 0.2) is 48.5 Å². The standard InChI is InChI=1S/C26H34N4O3/c1-29(2)25(32)14-13-20-9-7-12-23(17-20)28-24(31)19-27-22-11-8-10-21(18-22)26(33)30-15-5-3-4-6-16-30/h7-12,17-18,27H,3-6,13-16,19H2,1-2H3,(H,28,31). The molecule has 7 nitrogen and oxygen atoms in total. The van der Waals surface area contributed by atoms with Crippen LogP contribution in [0, 0.1) is 0 Å². The Labute approximate surface area is 196 Å². The molecule has 0 bridgehead atoms. The summed E-state index contributed by atoms with van der Waals surface area (Å²) >= 11 is 0. The van der Waals surface area contributed by atoms with Crippen molar-refractivity contribution in [3.8, 4) is 0 Å². The Bertz CT molecular complexity index is 966. The molecule has 1 aliphatic heterocycles. The zero-order chi connectivity index (χ0) is 23.6. The van der Waals surface area contributed by atoms with Crippen molar-refractivity contribution in [1.82, 2.24) is 9.80 Å². The van der Waals surface area contributed by atoms with E-state index >= 15 is 0 Å². The summed E-state index contributed by atoms with van der Waals surface area (Å²) in [5, 5.41) is 6.00. The van der Waals surface area contributed by atoms with Crippen LogP contribution in [0.4, 0.5) is 11.4 Å². The van der Waals surface area contributed by atoms with Gasteiger partial charge in [0.15, 0.2) is 0 Å². The van der Waals surface area contributed by atoms with Crippen LogP contribution in [0.2, 0.25) is 0 Å². The fourth-order valence-corrected chi connectivity index (χ4v) is 3.89. The van der Waals surface area contributed by atoms with Gasteiger partial charge in [0.1, 0.15) is 0 Å². The van der Waals surface area contributed by atoms with Gasteiger partial charge in [-0.3, -0.25) is 14.4 Å². The van der Waals surface area contributed by atoms with Crippen molar-refractivity contribution in [2.45, 2.75) is 38.5 Å². The quantitative estimate of drug-likeness (QED) is 0.641. The van der Waals surface area contributed by atoms with Crippen LogP contribution in [0.5, 0.6) is 0 Å². The molecule has 2 aromatic carbocycles. The van der Waals surface area contributed by atoms with E-state index in [-0.39, 0.29) is 24.3 Å². The number of likely N-dealkylation sites (tertiary alicyclic amines) is 1. The zero-order valence-corrected chi connectivity index (χ0v) is 19.6. The Morgan fingerprint density at radius 1 is 0.909 bits per heavy atom. The van der Waals surface area contributed by atoms with E-state index in [1.165, 1.54) is 12.8 Å². The largest absolute Gasteiger partial charge is 0.376 e. The van der Waals surface area contributed by atoms with Gasteiger partial charge in [0.2, 0.25) is 11.8 Å². The van der Waals surface area contributed by atoms with Crippen molar-refractivity contribution in [3.63, 3.8) is 0 Å². The van der Waals surface area contributed by atoms with Crippen molar-refractivity contribution >= 4 is 29.1 Å². The van der Waals surface area contributed by atoms with Crippen molar-refractivity contribution in [2.75, 3.05) is 44.4 Å². The van der Waals surface area contributed by atoms with E-state index in [9.17, 15) is 14.4 Å². The van der Waals surface area contributed by atoms with Gasteiger partial charge < -0.3 is 20.4 Å². The van der Waals surface area contributed by atoms with Gasteiger partial charge in [-0.15, -0.1) is 0 Å². The predicted octanol–water partition coefficient (Wildman–Crippen LogP) is 3.77. The van der Waals surface area contributed by atoms with Gasteiger partial charge in [-0.2, -0.15) is 0 Å². The number of carbonyl (C=O) groups excluding carboxylic acids is 3. The lowest BCUT2D eigenvalue weighted by molar-refractivity contribution is -0.128. The summed E-state index contributed by atoms with van der Waals surface area (Å²) < 4.78 is 0. The third-order valence-electron chi connectivity index (χ3n) is 5.79. The number of amides is 3. The van der Waals surface area contributed by atoms with Gasteiger partial charge in [0.05, 0.1) is 6.54 Å². The molecule has 2 N–H and O–H groups in total. The lowest BCUT2D eigenvalue weighted by Gasteiger charge is -2.20. The number of hydrogen-bond donors (Lipinski definition) is 2. The molecule has 0 aromatic heterocycles. The van der Waals surface area contributed by atoms with E-state index in [4.69, 9.17) is 0 Å². The second-order valence-corrected chi connectivity index (χ2v) is 8.68. The molecule has 176 valence electrons. The molecular weight excluding hydrogens is 416 g/mol. The maximum Gasteiger partial charge on any atom is 0.253 e. The summed E-state index contributed by atoms with van der Waals surface area (Å²) in [5.41, 5.74) is 3.07. The summed E-state index contributed by atoms with van der Waals surface area (Å²) in [7, 11) is 3.49. The van der Waals surface area contributed by atoms with Crippen LogP contribution in [0.1, 0.15) is 48.0 Å². The molecule has 1 saturated heterocycles. The number of benzene rings is 2. The first kappa shape index (κ1) is 24.3. The highest BCUT2D eigenvalue weighted by Crippen LogP contribution is 2.17. The molecule has 3 rings (SSSR count). The van der Waals surface area contributed by atoms with E-state index in [1.54, 1.807) is 19.0 Å². The third-order valence-corrected chi connectivity index (χ3v) is 5.79. The molecule has 1 heterocycles. The molecule has 0 unspecified atom stereocenters. The van der Waals surface area contributed by atoms with Gasteiger partial charge in [-0.05, 0) is 55.2 Å². The Kier molecular flexibility index (Phi) is 8.87. The van der Waals surface area contributed by atoms with Crippen LogP contribution < -0.4 is 10.6 Å². The maximum atomic E-state index is 12.8. The van der Waals surface area contributed by atoms with Crippen molar-refractivity contribution in [1.29, 1.82) is 0 Å². The Hall–Kier alpha value is -3.35. The molecule has 1 aliphatic rings. The van der Waals surface area contributed by atoms with Crippen molar-refractivity contribution in [3.05, 3.63) is 59.7 Å². The minimum atomic E-state index is -0.180. The monoisotopic (exact) mass is 450 g/mol. The van der Waals surface area contributed by atoms with E-state index in [1.807, 2.05) is 53.4 Å². The zero-order valence-electron chi connectivity index (χ0n) is 19.6. The number of nitrogens with zero attached hydrogens (tertiary/aromatic N) is 2. The summed E-state index contributed by atoms with van der Waals surface area (Å²) in [6, 6.07) is 14.9. The van der Waals surface area contributed by atoms with E-state index in [0.717, 1.165) is 37.2 Å². The van der Waals surface area contributed by atoms with Crippen molar-refractivity contribution < 1.29 is 14.4 Å². The average Bonchev–Trinajstić information content (AvgIpc) is 3.11. The summed E-state index contributed by atoms with van der Waals surface area (Å²) in [5.74, 6) is -0.0551. The normalized spacial score (nSPS) is 13.7. The van der Waals surface area contributed by atoms with Gasteiger partial charge in [-0.1, -0.05) is 31.0 Å². The second kappa shape index (κ2) is 12.0. The highest BCUT2D eigenvalue weighted by Gasteiger charge is 2.17. The van der Waals surface area contributed by atoms with Crippen LogP contribution in [0.3, 0.4) is 0 Å². The molecule has 0 saturated carbocycles. The predicted molar refractivity (Wildman–Crippen MR) is 131 cm³/mol. The molecule has 7 heteroatoms. The minimum Gasteiger partial charge on any atom is -0.376 e. The molecule has 1 fully saturated rings. The number of nitrogens with one attached hydrogen (secondary N) is 2. The number of carbonyl (C=O) groups is 3.